The Bertz CT molecular complexity index is 546. The molecule has 1 aliphatic carbocycles. The fourth-order valence-electron chi connectivity index (χ4n) is 2.53. The molecule has 1 aromatic heterocycles. The van der Waals surface area contributed by atoms with Crippen LogP contribution in [0.15, 0.2) is 23.2 Å². The van der Waals surface area contributed by atoms with Gasteiger partial charge in [0, 0.05) is 25.8 Å². The second kappa shape index (κ2) is 5.69. The minimum absolute atomic E-state index is 0.298. The zero-order valence-electron chi connectivity index (χ0n) is 11.6. The van der Waals surface area contributed by atoms with Crippen LogP contribution in [0.3, 0.4) is 0 Å². The van der Waals surface area contributed by atoms with E-state index in [0.29, 0.717) is 18.0 Å². The summed E-state index contributed by atoms with van der Waals surface area (Å²) in [6.07, 6.45) is 7.24. The second-order valence-electron chi connectivity index (χ2n) is 5.65. The Morgan fingerprint density at radius 2 is 2.00 bits per heavy atom. The molecule has 0 aromatic carbocycles. The number of nitrogens with zero attached hydrogens (tertiary/aromatic N) is 2. The van der Waals surface area contributed by atoms with Crippen molar-refractivity contribution in [3.05, 3.63) is 18.3 Å². The monoisotopic (exact) mass is 295 g/mol. The van der Waals surface area contributed by atoms with E-state index in [0.717, 1.165) is 31.1 Å². The largest absolute Gasteiger partial charge is 0.370 e. The number of pyridine rings is 1. The van der Waals surface area contributed by atoms with Gasteiger partial charge < -0.3 is 5.32 Å². The molecule has 0 bridgehead atoms. The number of hydrogen-bond donors (Lipinski definition) is 1. The van der Waals surface area contributed by atoms with Crippen molar-refractivity contribution in [2.24, 2.45) is 5.92 Å². The average Bonchev–Trinajstić information content (AvgIpc) is 3.09. The molecule has 110 valence electrons. The quantitative estimate of drug-likeness (QED) is 0.873. The molecule has 0 amide bonds. The summed E-state index contributed by atoms with van der Waals surface area (Å²) in [6, 6.07) is 3.41. The number of rotatable bonds is 6. The number of hydrogen-bond acceptors (Lipinski definition) is 4. The van der Waals surface area contributed by atoms with Crippen LogP contribution >= 0.6 is 0 Å². The lowest BCUT2D eigenvalue weighted by atomic mass is 10.3. The predicted octanol–water partition coefficient (Wildman–Crippen LogP) is 2.08. The number of anilines is 1. The number of sulfonamides is 1. The van der Waals surface area contributed by atoms with E-state index < -0.39 is 10.0 Å². The van der Waals surface area contributed by atoms with Gasteiger partial charge in [-0.3, -0.25) is 0 Å². The molecule has 1 aromatic rings. The van der Waals surface area contributed by atoms with Crippen molar-refractivity contribution in [1.29, 1.82) is 0 Å². The highest BCUT2D eigenvalue weighted by atomic mass is 32.2. The Morgan fingerprint density at radius 3 is 2.60 bits per heavy atom. The van der Waals surface area contributed by atoms with E-state index in [2.05, 4.69) is 10.3 Å². The van der Waals surface area contributed by atoms with E-state index >= 15 is 0 Å². The van der Waals surface area contributed by atoms with Crippen LogP contribution < -0.4 is 5.32 Å². The molecule has 1 saturated heterocycles. The van der Waals surface area contributed by atoms with E-state index in [-0.39, 0.29) is 0 Å². The average molecular weight is 295 g/mol. The van der Waals surface area contributed by atoms with Crippen LogP contribution in [0.2, 0.25) is 0 Å². The van der Waals surface area contributed by atoms with Crippen molar-refractivity contribution in [2.45, 2.75) is 37.0 Å². The maximum Gasteiger partial charge on any atom is 0.244 e. The van der Waals surface area contributed by atoms with E-state index in [1.807, 2.05) is 0 Å². The van der Waals surface area contributed by atoms with Crippen LogP contribution in [0.1, 0.15) is 32.1 Å². The highest BCUT2D eigenvalue weighted by Gasteiger charge is 2.27. The van der Waals surface area contributed by atoms with Crippen molar-refractivity contribution in [2.75, 3.05) is 25.0 Å². The van der Waals surface area contributed by atoms with Gasteiger partial charge in [-0.1, -0.05) is 12.8 Å². The molecule has 2 fully saturated rings. The smallest absolute Gasteiger partial charge is 0.244 e. The Balaban J connectivity index is 1.62. The third-order valence-electron chi connectivity index (χ3n) is 3.99. The molecule has 0 atom stereocenters. The predicted molar refractivity (Wildman–Crippen MR) is 78.1 cm³/mol. The van der Waals surface area contributed by atoms with Crippen LogP contribution in [0.5, 0.6) is 0 Å². The van der Waals surface area contributed by atoms with Gasteiger partial charge in [0.05, 0.1) is 0 Å². The minimum atomic E-state index is -3.34. The van der Waals surface area contributed by atoms with Crippen molar-refractivity contribution < 1.29 is 8.42 Å². The van der Waals surface area contributed by atoms with Crippen LogP contribution in [-0.4, -0.2) is 37.3 Å². The standard InChI is InChI=1S/C14H21N3O2S/c18-20(19,17-9-1-2-10-17)13-5-6-14(16-11-13)15-8-7-12-3-4-12/h5-6,11-12H,1-4,7-10H2,(H,15,16). The molecule has 1 N–H and O–H groups in total. The zero-order valence-corrected chi connectivity index (χ0v) is 12.4. The van der Waals surface area contributed by atoms with Gasteiger partial charge in [0.1, 0.15) is 10.7 Å². The SMILES string of the molecule is O=S(=O)(c1ccc(NCCC2CC2)nc1)N1CCCC1. The summed E-state index contributed by atoms with van der Waals surface area (Å²) < 4.78 is 26.2. The molecule has 0 spiro atoms. The molecule has 0 unspecified atom stereocenters. The molecule has 20 heavy (non-hydrogen) atoms. The van der Waals surface area contributed by atoms with Gasteiger partial charge in [-0.2, -0.15) is 4.31 Å². The van der Waals surface area contributed by atoms with Gasteiger partial charge in [0.15, 0.2) is 0 Å². The van der Waals surface area contributed by atoms with Crippen LogP contribution in [0, 0.1) is 5.92 Å². The van der Waals surface area contributed by atoms with Crippen LogP contribution in [0.4, 0.5) is 5.82 Å². The molecule has 6 heteroatoms. The third-order valence-corrected chi connectivity index (χ3v) is 5.88. The first-order chi connectivity index (χ1) is 9.66. The molecular weight excluding hydrogens is 274 g/mol. The first-order valence-electron chi connectivity index (χ1n) is 7.36. The summed E-state index contributed by atoms with van der Waals surface area (Å²) in [4.78, 5) is 4.51. The van der Waals surface area contributed by atoms with E-state index in [4.69, 9.17) is 0 Å². The lowest BCUT2D eigenvalue weighted by Crippen LogP contribution is -2.27. The first kappa shape index (κ1) is 13.8. The molecule has 2 heterocycles. The molecule has 1 aliphatic heterocycles. The van der Waals surface area contributed by atoms with Gasteiger partial charge in [-0.05, 0) is 37.3 Å². The van der Waals surface area contributed by atoms with Gasteiger partial charge in [-0.15, -0.1) is 0 Å². The van der Waals surface area contributed by atoms with Crippen molar-refractivity contribution in [3.8, 4) is 0 Å². The van der Waals surface area contributed by atoms with E-state index in [9.17, 15) is 8.42 Å². The maximum absolute atomic E-state index is 12.3. The van der Waals surface area contributed by atoms with E-state index in [1.54, 1.807) is 16.4 Å². The summed E-state index contributed by atoms with van der Waals surface area (Å²) in [5.74, 6) is 1.64. The maximum atomic E-state index is 12.3. The van der Waals surface area contributed by atoms with Crippen LogP contribution in [-0.2, 0) is 10.0 Å². The first-order valence-corrected chi connectivity index (χ1v) is 8.80. The highest BCUT2D eigenvalue weighted by molar-refractivity contribution is 7.89. The number of nitrogens with one attached hydrogen (secondary N) is 1. The fraction of sp³-hybridized carbons (Fsp3) is 0.643. The summed E-state index contributed by atoms with van der Waals surface area (Å²) >= 11 is 0. The molecule has 3 rings (SSSR count). The summed E-state index contributed by atoms with van der Waals surface area (Å²) in [5.41, 5.74) is 0. The van der Waals surface area contributed by atoms with Gasteiger partial charge in [-0.25, -0.2) is 13.4 Å². The molecule has 1 saturated carbocycles. The summed E-state index contributed by atoms with van der Waals surface area (Å²) in [6.45, 7) is 2.17. The fourth-order valence-corrected chi connectivity index (χ4v) is 3.99. The van der Waals surface area contributed by atoms with Crippen molar-refractivity contribution in [3.63, 3.8) is 0 Å². The zero-order chi connectivity index (χ0) is 14.0. The lowest BCUT2D eigenvalue weighted by Gasteiger charge is -2.15. The molecule has 5 nitrogen and oxygen atoms in total. The van der Waals surface area contributed by atoms with Gasteiger partial charge in [0.2, 0.25) is 10.0 Å². The van der Waals surface area contributed by atoms with Crippen molar-refractivity contribution in [1.82, 2.24) is 9.29 Å². The molecule has 0 radical (unpaired) electrons. The molecule has 2 aliphatic rings. The Hall–Kier alpha value is -1.14. The van der Waals surface area contributed by atoms with Crippen molar-refractivity contribution >= 4 is 15.8 Å². The summed E-state index contributed by atoms with van der Waals surface area (Å²) in [7, 11) is -3.34. The van der Waals surface area contributed by atoms with Gasteiger partial charge in [0.25, 0.3) is 0 Å². The second-order valence-corrected chi connectivity index (χ2v) is 7.59. The minimum Gasteiger partial charge on any atom is -0.370 e. The Morgan fingerprint density at radius 1 is 1.25 bits per heavy atom. The highest BCUT2D eigenvalue weighted by Crippen LogP contribution is 2.32. The Labute approximate surface area is 120 Å². The Kier molecular flexibility index (Phi) is 3.94. The summed E-state index contributed by atoms with van der Waals surface area (Å²) in [5, 5.41) is 3.24. The van der Waals surface area contributed by atoms with Gasteiger partial charge >= 0.3 is 0 Å². The topological polar surface area (TPSA) is 62.3 Å². The lowest BCUT2D eigenvalue weighted by molar-refractivity contribution is 0.477. The normalized spacial score (nSPS) is 20.2. The molecular formula is C14H21N3O2S. The van der Waals surface area contributed by atoms with Crippen LogP contribution in [0.25, 0.3) is 0 Å². The number of aromatic nitrogens is 1. The van der Waals surface area contributed by atoms with E-state index in [1.165, 1.54) is 25.5 Å². The third kappa shape index (κ3) is 3.12.